The van der Waals surface area contributed by atoms with Crippen molar-refractivity contribution in [1.29, 1.82) is 0 Å². The Bertz CT molecular complexity index is 543. The molecule has 1 unspecified atom stereocenters. The molecule has 5 nitrogen and oxygen atoms in total. The molecular weight excluding hydrogens is 377 g/mol. The van der Waals surface area contributed by atoms with Crippen molar-refractivity contribution in [2.75, 3.05) is 6.61 Å². The molecule has 1 aromatic rings. The van der Waals surface area contributed by atoms with Crippen molar-refractivity contribution in [3.05, 3.63) is 24.3 Å². The molecule has 1 aromatic carbocycles. The number of benzene rings is 1. The van der Waals surface area contributed by atoms with Gasteiger partial charge in [0.2, 0.25) is 0 Å². The van der Waals surface area contributed by atoms with Crippen LogP contribution in [0, 0.1) is 5.41 Å². The standard InChI is InChI=1S/C17H29BO3.C4H11N.C2H6.CH2O/c1-13(19)12-20-15-10-8-9-14(11-15)18(7)21-17(5,6)16(2,3)4;1-4(2,3)5;2*1-2/h8-11,13,19H,12H2,1-7H3;5H2,1-3H3;1-2H3;1H2. The molecule has 3 N–H and O–H groups in total. The highest BCUT2D eigenvalue weighted by Crippen LogP contribution is 2.33. The molecule has 0 heterocycles. The number of aliphatic hydroxyl groups excluding tert-OH is 1. The Hall–Kier alpha value is -1.37. The van der Waals surface area contributed by atoms with E-state index in [9.17, 15) is 5.11 Å². The van der Waals surface area contributed by atoms with Crippen LogP contribution in [0.2, 0.25) is 6.82 Å². The van der Waals surface area contributed by atoms with Crippen LogP contribution >= 0.6 is 0 Å². The molecule has 0 amide bonds. The van der Waals surface area contributed by atoms with Crippen molar-refractivity contribution in [3.63, 3.8) is 0 Å². The van der Waals surface area contributed by atoms with E-state index >= 15 is 0 Å². The molecule has 176 valence electrons. The van der Waals surface area contributed by atoms with Crippen LogP contribution in [0.1, 0.15) is 76.2 Å². The van der Waals surface area contributed by atoms with Gasteiger partial charge in [-0.05, 0) is 64.6 Å². The smallest absolute Gasteiger partial charge is 0.324 e. The average molecular weight is 425 g/mol. The summed E-state index contributed by atoms with van der Waals surface area (Å²) in [6.45, 7) is 26.7. The van der Waals surface area contributed by atoms with Crippen molar-refractivity contribution in [2.24, 2.45) is 11.1 Å². The quantitative estimate of drug-likeness (QED) is 0.646. The van der Waals surface area contributed by atoms with E-state index in [1.807, 2.05) is 65.7 Å². The fraction of sp³-hybridized carbons (Fsp3) is 0.708. The summed E-state index contributed by atoms with van der Waals surface area (Å²) in [7, 11) is 0. The third kappa shape index (κ3) is 17.5. The number of nitrogens with two attached hydrogens (primary N) is 1. The van der Waals surface area contributed by atoms with Crippen LogP contribution in [0.25, 0.3) is 0 Å². The summed E-state index contributed by atoms with van der Waals surface area (Å²) in [6.07, 6.45) is -0.470. The van der Waals surface area contributed by atoms with Gasteiger partial charge in [0.1, 0.15) is 19.1 Å². The van der Waals surface area contributed by atoms with E-state index in [1.165, 1.54) is 0 Å². The van der Waals surface area contributed by atoms with Gasteiger partial charge >= 0.3 is 6.92 Å². The van der Waals surface area contributed by atoms with Gasteiger partial charge < -0.3 is 25.0 Å². The molecule has 0 aliphatic rings. The van der Waals surface area contributed by atoms with Gasteiger partial charge in [0, 0.05) is 5.54 Å². The van der Waals surface area contributed by atoms with Gasteiger partial charge in [-0.15, -0.1) is 0 Å². The van der Waals surface area contributed by atoms with Crippen LogP contribution in [-0.4, -0.2) is 42.7 Å². The van der Waals surface area contributed by atoms with E-state index < -0.39 is 6.10 Å². The molecule has 30 heavy (non-hydrogen) atoms. The van der Waals surface area contributed by atoms with Crippen molar-refractivity contribution in [2.45, 2.75) is 100 Å². The number of carbonyl (C=O) groups is 1. The van der Waals surface area contributed by atoms with E-state index in [0.717, 1.165) is 11.2 Å². The predicted molar refractivity (Wildman–Crippen MR) is 132 cm³/mol. The molecule has 0 spiro atoms. The van der Waals surface area contributed by atoms with Gasteiger partial charge in [-0.3, -0.25) is 0 Å². The van der Waals surface area contributed by atoms with E-state index in [1.54, 1.807) is 6.92 Å². The highest BCUT2D eigenvalue weighted by atomic mass is 16.5. The maximum absolute atomic E-state index is 9.28. The zero-order valence-electron chi connectivity index (χ0n) is 21.6. The van der Waals surface area contributed by atoms with Gasteiger partial charge in [-0.2, -0.15) is 0 Å². The first kappa shape index (κ1) is 33.3. The molecule has 0 bridgehead atoms. The topological polar surface area (TPSA) is 81.8 Å². The van der Waals surface area contributed by atoms with Gasteiger partial charge in [0.15, 0.2) is 0 Å². The lowest BCUT2D eigenvalue weighted by Gasteiger charge is -2.40. The molecule has 0 aromatic heterocycles. The van der Waals surface area contributed by atoms with Crippen LogP contribution < -0.4 is 15.9 Å². The number of hydrogen-bond acceptors (Lipinski definition) is 5. The molecule has 0 fully saturated rings. The molecule has 6 heteroatoms. The third-order valence-corrected chi connectivity index (χ3v) is 4.10. The minimum atomic E-state index is -0.470. The van der Waals surface area contributed by atoms with Gasteiger partial charge in [0.25, 0.3) is 0 Å². The summed E-state index contributed by atoms with van der Waals surface area (Å²) in [6, 6.07) is 7.87. The molecule has 0 saturated heterocycles. The SMILES string of the molecule is C=O.CB(OC(C)(C)C(C)(C)C)c1cccc(OCC(C)O)c1.CC.CC(C)(C)N. The Kier molecular flexibility index (Phi) is 17.1. The van der Waals surface area contributed by atoms with Gasteiger partial charge in [0.05, 0.1) is 11.7 Å². The maximum atomic E-state index is 9.28. The second-order valence-electron chi connectivity index (χ2n) is 9.62. The largest absolute Gasteiger partial charge is 0.491 e. The normalized spacial score (nSPS) is 12.1. The molecule has 0 radical (unpaired) electrons. The monoisotopic (exact) mass is 425 g/mol. The predicted octanol–water partition coefficient (Wildman–Crippen LogP) is 4.70. The lowest BCUT2D eigenvalue weighted by Crippen LogP contribution is -2.46. The Balaban J connectivity index is -0.000000692. The summed E-state index contributed by atoms with van der Waals surface area (Å²) in [4.78, 5) is 8.00. The van der Waals surface area contributed by atoms with Gasteiger partial charge in [-0.25, -0.2) is 0 Å². The fourth-order valence-electron chi connectivity index (χ4n) is 1.76. The maximum Gasteiger partial charge on any atom is 0.324 e. The number of rotatable bonds is 6. The third-order valence-electron chi connectivity index (χ3n) is 4.10. The fourth-order valence-corrected chi connectivity index (χ4v) is 1.76. The number of carbonyl (C=O) groups excluding carboxylic acids is 1. The van der Waals surface area contributed by atoms with Crippen LogP contribution in [0.15, 0.2) is 24.3 Å². The van der Waals surface area contributed by atoms with Crippen LogP contribution in [0.5, 0.6) is 5.75 Å². The Morgan fingerprint density at radius 3 is 1.87 bits per heavy atom. The van der Waals surface area contributed by atoms with E-state index in [4.69, 9.17) is 19.9 Å². The number of ether oxygens (including phenoxy) is 1. The Morgan fingerprint density at radius 2 is 1.50 bits per heavy atom. The van der Waals surface area contributed by atoms with E-state index in [2.05, 4.69) is 41.4 Å². The summed E-state index contributed by atoms with van der Waals surface area (Å²) < 4.78 is 11.8. The minimum absolute atomic E-state index is 0. The molecule has 1 atom stereocenters. The van der Waals surface area contributed by atoms with E-state index in [0.29, 0.717) is 6.61 Å². The van der Waals surface area contributed by atoms with Gasteiger partial charge in [-0.1, -0.05) is 53.6 Å². The molecule has 0 aliphatic heterocycles. The van der Waals surface area contributed by atoms with Crippen LogP contribution in [0.4, 0.5) is 0 Å². The summed E-state index contributed by atoms with van der Waals surface area (Å²) in [5.74, 6) is 0.761. The van der Waals surface area contributed by atoms with Crippen molar-refractivity contribution in [1.82, 2.24) is 0 Å². The van der Waals surface area contributed by atoms with Crippen molar-refractivity contribution in [3.8, 4) is 5.75 Å². The molecule has 0 aliphatic carbocycles. The van der Waals surface area contributed by atoms with Crippen LogP contribution in [-0.2, 0) is 9.45 Å². The number of aliphatic hydroxyl groups is 1. The first-order chi connectivity index (χ1) is 13.5. The zero-order valence-corrected chi connectivity index (χ0v) is 21.6. The first-order valence-electron chi connectivity index (χ1n) is 10.7. The lowest BCUT2D eigenvalue weighted by atomic mass is 9.62. The van der Waals surface area contributed by atoms with Crippen molar-refractivity contribution >= 4 is 19.2 Å². The summed E-state index contributed by atoms with van der Waals surface area (Å²) in [5.41, 5.74) is 6.26. The molecule has 0 saturated carbocycles. The van der Waals surface area contributed by atoms with Crippen molar-refractivity contribution < 1.29 is 19.3 Å². The second kappa shape index (κ2) is 15.4. The summed E-state index contributed by atoms with van der Waals surface area (Å²) in [5, 5.41) is 9.28. The van der Waals surface area contributed by atoms with E-state index in [-0.39, 0.29) is 23.5 Å². The highest BCUT2D eigenvalue weighted by Gasteiger charge is 2.36. The summed E-state index contributed by atoms with van der Waals surface area (Å²) >= 11 is 0. The van der Waals surface area contributed by atoms with Crippen LogP contribution in [0.3, 0.4) is 0 Å². The minimum Gasteiger partial charge on any atom is -0.491 e. The Labute approximate surface area is 186 Å². The first-order valence-corrected chi connectivity index (χ1v) is 10.7. The molecule has 1 rings (SSSR count). The second-order valence-corrected chi connectivity index (χ2v) is 9.62. The number of hydrogen-bond donors (Lipinski definition) is 2. The zero-order chi connectivity index (χ0) is 24.8. The average Bonchev–Trinajstić information content (AvgIpc) is 2.61. The Morgan fingerprint density at radius 1 is 1.07 bits per heavy atom. The highest BCUT2D eigenvalue weighted by molar-refractivity contribution is 6.66. The molecular formula is C24H48BNO4. The lowest BCUT2D eigenvalue weighted by molar-refractivity contribution is -0.0980.